The van der Waals surface area contributed by atoms with Crippen LogP contribution in [0.4, 0.5) is 0 Å². The number of tetrazole rings is 1. The average Bonchev–Trinajstić information content (AvgIpc) is 3.43. The van der Waals surface area contributed by atoms with Crippen LogP contribution in [0.3, 0.4) is 0 Å². The molecular weight excluding hydrogens is 350 g/mol. The van der Waals surface area contributed by atoms with Crippen LogP contribution in [0.5, 0.6) is 0 Å². The second-order valence-electron chi connectivity index (χ2n) is 5.62. The third kappa shape index (κ3) is 3.55. The van der Waals surface area contributed by atoms with E-state index in [1.54, 1.807) is 39.3 Å². The van der Waals surface area contributed by atoms with Crippen LogP contribution in [-0.4, -0.2) is 31.0 Å². The van der Waals surface area contributed by atoms with Crippen LogP contribution in [0.1, 0.15) is 21.0 Å². The van der Waals surface area contributed by atoms with E-state index >= 15 is 0 Å². The third-order valence-electron chi connectivity index (χ3n) is 3.87. The molecule has 4 rings (SSSR count). The number of aromatic nitrogens is 4. The lowest BCUT2D eigenvalue weighted by Crippen LogP contribution is -2.29. The number of carbonyl (C=O) groups excluding carboxylic acids is 1. The van der Waals surface area contributed by atoms with Gasteiger partial charge in [-0.15, -0.1) is 16.4 Å². The summed E-state index contributed by atoms with van der Waals surface area (Å²) in [6, 6.07) is 14.9. The summed E-state index contributed by atoms with van der Waals surface area (Å²) >= 11 is 1.63. The molecule has 1 aromatic carbocycles. The van der Waals surface area contributed by atoms with E-state index in [9.17, 15) is 4.79 Å². The second kappa shape index (κ2) is 7.32. The maximum absolute atomic E-state index is 13.0. The van der Waals surface area contributed by atoms with Crippen molar-refractivity contribution in [3.05, 3.63) is 82.7 Å². The second-order valence-corrected chi connectivity index (χ2v) is 6.65. The van der Waals surface area contributed by atoms with Gasteiger partial charge >= 0.3 is 0 Å². The summed E-state index contributed by atoms with van der Waals surface area (Å²) in [7, 11) is 0. The highest BCUT2D eigenvalue weighted by molar-refractivity contribution is 7.09. The summed E-state index contributed by atoms with van der Waals surface area (Å²) in [4.78, 5) is 15.9. The lowest BCUT2D eigenvalue weighted by atomic mass is 10.1. The van der Waals surface area contributed by atoms with Crippen LogP contribution in [0.2, 0.25) is 0 Å². The number of hydrogen-bond acceptors (Lipinski definition) is 6. The molecule has 26 heavy (non-hydrogen) atoms. The molecule has 0 radical (unpaired) electrons. The first-order valence-electron chi connectivity index (χ1n) is 7.97. The largest absolute Gasteiger partial charge is 0.467 e. The van der Waals surface area contributed by atoms with E-state index in [2.05, 4.69) is 15.5 Å². The molecule has 0 saturated heterocycles. The Labute approximate surface area is 153 Å². The highest BCUT2D eigenvalue weighted by Crippen LogP contribution is 2.18. The minimum Gasteiger partial charge on any atom is -0.467 e. The minimum atomic E-state index is -0.0573. The smallest absolute Gasteiger partial charge is 0.254 e. The van der Waals surface area contributed by atoms with E-state index in [1.807, 2.05) is 41.8 Å². The highest BCUT2D eigenvalue weighted by Gasteiger charge is 2.18. The van der Waals surface area contributed by atoms with E-state index in [0.717, 1.165) is 16.3 Å². The molecule has 0 fully saturated rings. The molecule has 0 aliphatic heterocycles. The minimum absolute atomic E-state index is 0.0573. The van der Waals surface area contributed by atoms with E-state index < -0.39 is 0 Å². The van der Waals surface area contributed by atoms with E-state index in [4.69, 9.17) is 4.42 Å². The summed E-state index contributed by atoms with van der Waals surface area (Å²) in [6.07, 6.45) is 3.13. The number of hydrogen-bond donors (Lipinski definition) is 0. The molecule has 1 amide bonds. The summed E-state index contributed by atoms with van der Waals surface area (Å²) in [5.41, 5.74) is 1.40. The zero-order chi connectivity index (χ0) is 17.8. The molecule has 0 bridgehead atoms. The quantitative estimate of drug-likeness (QED) is 0.524. The zero-order valence-electron chi connectivity index (χ0n) is 13.7. The lowest BCUT2D eigenvalue weighted by molar-refractivity contribution is 0.0719. The summed E-state index contributed by atoms with van der Waals surface area (Å²) in [5.74, 6) is 0.693. The number of furan rings is 1. The first-order valence-corrected chi connectivity index (χ1v) is 8.85. The number of rotatable bonds is 6. The predicted molar refractivity (Wildman–Crippen MR) is 95.8 cm³/mol. The molecule has 0 N–H and O–H groups in total. The molecule has 130 valence electrons. The topological polar surface area (TPSA) is 77.1 Å². The molecule has 0 atom stereocenters. The van der Waals surface area contributed by atoms with Gasteiger partial charge < -0.3 is 9.32 Å². The Morgan fingerprint density at radius 1 is 1.12 bits per heavy atom. The number of nitrogens with zero attached hydrogens (tertiary/aromatic N) is 5. The molecule has 3 heterocycles. The molecule has 0 aliphatic carbocycles. The van der Waals surface area contributed by atoms with Crippen molar-refractivity contribution >= 4 is 17.2 Å². The molecule has 7 nitrogen and oxygen atoms in total. The normalized spacial score (nSPS) is 10.8. The van der Waals surface area contributed by atoms with Crippen LogP contribution in [0.15, 0.2) is 70.9 Å². The zero-order valence-corrected chi connectivity index (χ0v) is 14.5. The van der Waals surface area contributed by atoms with Gasteiger partial charge in [0.2, 0.25) is 0 Å². The van der Waals surface area contributed by atoms with Gasteiger partial charge in [0.05, 0.1) is 25.0 Å². The molecule has 0 saturated carbocycles. The highest BCUT2D eigenvalue weighted by atomic mass is 32.1. The van der Waals surface area contributed by atoms with Gasteiger partial charge in [-0.3, -0.25) is 4.79 Å². The number of amides is 1. The van der Waals surface area contributed by atoms with Crippen molar-refractivity contribution in [1.82, 2.24) is 25.1 Å². The van der Waals surface area contributed by atoms with Crippen molar-refractivity contribution in [3.63, 3.8) is 0 Å². The van der Waals surface area contributed by atoms with Crippen molar-refractivity contribution in [2.24, 2.45) is 0 Å². The van der Waals surface area contributed by atoms with Gasteiger partial charge in [0.15, 0.2) is 0 Å². The van der Waals surface area contributed by atoms with E-state index in [0.29, 0.717) is 18.7 Å². The van der Waals surface area contributed by atoms with Crippen LogP contribution in [0, 0.1) is 0 Å². The maximum Gasteiger partial charge on any atom is 0.254 e. The number of thiophene rings is 1. The molecule has 8 heteroatoms. The maximum atomic E-state index is 13.0. The molecule has 4 aromatic rings. The van der Waals surface area contributed by atoms with Crippen LogP contribution < -0.4 is 0 Å². The SMILES string of the molecule is O=C(c1ccc(-n2cnnn2)cc1)N(Cc1ccco1)Cc1cccs1. The molecular formula is C18H15N5O2S. The van der Waals surface area contributed by atoms with Crippen LogP contribution in [-0.2, 0) is 13.1 Å². The van der Waals surface area contributed by atoms with Gasteiger partial charge in [0.1, 0.15) is 12.1 Å². The Morgan fingerprint density at radius 3 is 2.65 bits per heavy atom. The van der Waals surface area contributed by atoms with Crippen molar-refractivity contribution < 1.29 is 9.21 Å². The third-order valence-corrected chi connectivity index (χ3v) is 4.73. The van der Waals surface area contributed by atoms with Crippen molar-refractivity contribution in [3.8, 4) is 5.69 Å². The summed E-state index contributed by atoms with van der Waals surface area (Å²) in [5, 5.41) is 13.1. The van der Waals surface area contributed by atoms with Gasteiger partial charge in [-0.1, -0.05) is 6.07 Å². The van der Waals surface area contributed by atoms with Gasteiger partial charge in [-0.25, -0.2) is 4.68 Å². The van der Waals surface area contributed by atoms with Crippen molar-refractivity contribution in [1.29, 1.82) is 0 Å². The molecule has 0 unspecified atom stereocenters. The van der Waals surface area contributed by atoms with E-state index in [-0.39, 0.29) is 5.91 Å². The molecule has 3 aromatic heterocycles. The predicted octanol–water partition coefficient (Wildman–Crippen LogP) is 3.16. The molecule has 0 spiro atoms. The van der Waals surface area contributed by atoms with Crippen LogP contribution in [0.25, 0.3) is 5.69 Å². The lowest BCUT2D eigenvalue weighted by Gasteiger charge is -2.21. The van der Waals surface area contributed by atoms with Gasteiger partial charge in [-0.05, 0) is 58.3 Å². The number of benzene rings is 1. The van der Waals surface area contributed by atoms with Crippen LogP contribution >= 0.6 is 11.3 Å². The Morgan fingerprint density at radius 2 is 2.00 bits per heavy atom. The summed E-state index contributed by atoms with van der Waals surface area (Å²) in [6.45, 7) is 0.949. The van der Waals surface area contributed by atoms with Gasteiger partial charge in [-0.2, -0.15) is 0 Å². The fraction of sp³-hybridized carbons (Fsp3) is 0.111. The summed E-state index contributed by atoms with van der Waals surface area (Å²) < 4.78 is 6.96. The first kappa shape index (κ1) is 16.2. The number of carbonyl (C=O) groups is 1. The fourth-order valence-corrected chi connectivity index (χ4v) is 3.32. The standard InChI is InChI=1S/C18H15N5O2S/c24-18(14-5-7-15(8-6-14)23-13-19-20-21-23)22(11-16-3-1-9-25-16)12-17-4-2-10-26-17/h1-10,13H,11-12H2. The van der Waals surface area contributed by atoms with Gasteiger partial charge in [0, 0.05) is 10.4 Å². The Bertz CT molecular complexity index is 912. The average molecular weight is 365 g/mol. The Kier molecular flexibility index (Phi) is 4.57. The fourth-order valence-electron chi connectivity index (χ4n) is 2.60. The van der Waals surface area contributed by atoms with E-state index in [1.165, 1.54) is 6.33 Å². The van der Waals surface area contributed by atoms with Gasteiger partial charge in [0.25, 0.3) is 5.91 Å². The Hall–Kier alpha value is -3.26. The Balaban J connectivity index is 1.56. The monoisotopic (exact) mass is 365 g/mol. The molecule has 0 aliphatic rings. The first-order chi connectivity index (χ1) is 12.8. The van der Waals surface area contributed by atoms with Crippen molar-refractivity contribution in [2.75, 3.05) is 0 Å². The van der Waals surface area contributed by atoms with Crippen molar-refractivity contribution in [2.45, 2.75) is 13.1 Å².